The van der Waals surface area contributed by atoms with Gasteiger partial charge in [0, 0.05) is 17.0 Å². The Morgan fingerprint density at radius 2 is 1.96 bits per heavy atom. The van der Waals surface area contributed by atoms with Crippen LogP contribution in [0, 0.1) is 0 Å². The van der Waals surface area contributed by atoms with Crippen LogP contribution in [0.4, 0.5) is 0 Å². The summed E-state index contributed by atoms with van der Waals surface area (Å²) in [5, 5.41) is 4.62. The van der Waals surface area contributed by atoms with Gasteiger partial charge in [-0.15, -0.1) is 11.3 Å². The van der Waals surface area contributed by atoms with Gasteiger partial charge in [0.05, 0.1) is 17.5 Å². The van der Waals surface area contributed by atoms with Gasteiger partial charge in [0.15, 0.2) is 0 Å². The van der Waals surface area contributed by atoms with Gasteiger partial charge in [0.25, 0.3) is 5.91 Å². The molecule has 1 fully saturated rings. The van der Waals surface area contributed by atoms with E-state index in [4.69, 9.17) is 0 Å². The zero-order valence-electron chi connectivity index (χ0n) is 14.8. The summed E-state index contributed by atoms with van der Waals surface area (Å²) in [6.07, 6.45) is 1.88. The lowest BCUT2D eigenvalue weighted by molar-refractivity contribution is -0.131. The van der Waals surface area contributed by atoms with Crippen LogP contribution >= 0.6 is 11.3 Å². The predicted molar refractivity (Wildman–Crippen MR) is 103 cm³/mol. The summed E-state index contributed by atoms with van der Waals surface area (Å²) in [6, 6.07) is 9.65. The first kappa shape index (κ1) is 19.5. The van der Waals surface area contributed by atoms with Crippen LogP contribution in [0.3, 0.4) is 0 Å². The second-order valence-electron chi connectivity index (χ2n) is 6.18. The van der Waals surface area contributed by atoms with E-state index in [-0.39, 0.29) is 23.4 Å². The predicted octanol–water partition coefficient (Wildman–Crippen LogP) is 1.75. The lowest BCUT2D eigenvalue weighted by Gasteiger charge is -2.24. The monoisotopic (exact) mass is 407 g/mol. The molecule has 0 radical (unpaired) electrons. The lowest BCUT2D eigenvalue weighted by Crippen LogP contribution is -2.39. The van der Waals surface area contributed by atoms with E-state index in [2.05, 4.69) is 10.0 Å². The third-order valence-corrected chi connectivity index (χ3v) is 6.94. The van der Waals surface area contributed by atoms with Crippen molar-refractivity contribution in [1.82, 2.24) is 14.9 Å². The molecule has 1 saturated heterocycles. The fourth-order valence-electron chi connectivity index (χ4n) is 3.10. The molecule has 0 aliphatic carbocycles. The molecule has 1 atom stereocenters. The molecule has 2 heterocycles. The zero-order valence-corrected chi connectivity index (χ0v) is 16.5. The van der Waals surface area contributed by atoms with Gasteiger partial charge in [0.1, 0.15) is 0 Å². The Balaban J connectivity index is 1.59. The summed E-state index contributed by atoms with van der Waals surface area (Å²) in [6.45, 7) is 0.602. The number of hydrogen-bond donors (Lipinski definition) is 2. The first-order valence-corrected chi connectivity index (χ1v) is 10.9. The maximum Gasteiger partial charge on any atom is 0.251 e. The quantitative estimate of drug-likeness (QED) is 0.763. The number of sulfonamides is 1. The molecule has 9 heteroatoms. The number of hydrogen-bond acceptors (Lipinski definition) is 5. The van der Waals surface area contributed by atoms with E-state index < -0.39 is 15.9 Å². The molecule has 1 aliphatic rings. The highest BCUT2D eigenvalue weighted by Gasteiger charge is 2.30. The molecule has 144 valence electrons. The Hall–Kier alpha value is -2.23. The number of amides is 2. The van der Waals surface area contributed by atoms with Gasteiger partial charge in [0.2, 0.25) is 15.9 Å². The van der Waals surface area contributed by atoms with Crippen LogP contribution in [-0.2, 0) is 14.8 Å². The first-order valence-electron chi connectivity index (χ1n) is 8.57. The van der Waals surface area contributed by atoms with Crippen LogP contribution < -0.4 is 10.0 Å². The van der Waals surface area contributed by atoms with Crippen molar-refractivity contribution < 1.29 is 18.0 Å². The molecule has 0 unspecified atom stereocenters. The molecule has 2 amide bonds. The Morgan fingerprint density at radius 3 is 2.59 bits per heavy atom. The highest BCUT2D eigenvalue weighted by atomic mass is 32.2. The van der Waals surface area contributed by atoms with Crippen molar-refractivity contribution >= 4 is 33.2 Å². The van der Waals surface area contributed by atoms with Gasteiger partial charge < -0.3 is 10.2 Å². The van der Waals surface area contributed by atoms with Crippen LogP contribution in [0.1, 0.15) is 34.1 Å². The molecule has 0 saturated carbocycles. The van der Waals surface area contributed by atoms with Crippen molar-refractivity contribution in [3.05, 3.63) is 52.2 Å². The van der Waals surface area contributed by atoms with Crippen molar-refractivity contribution in [2.75, 3.05) is 20.1 Å². The molecular weight excluding hydrogens is 386 g/mol. The van der Waals surface area contributed by atoms with E-state index in [0.717, 1.165) is 17.7 Å². The number of carbonyl (C=O) groups excluding carboxylic acids is 2. The summed E-state index contributed by atoms with van der Waals surface area (Å²) in [5.41, 5.74) is 0.300. The molecule has 27 heavy (non-hydrogen) atoms. The van der Waals surface area contributed by atoms with Gasteiger partial charge in [-0.1, -0.05) is 6.07 Å². The smallest absolute Gasteiger partial charge is 0.251 e. The molecule has 1 aromatic heterocycles. The van der Waals surface area contributed by atoms with E-state index >= 15 is 0 Å². The third kappa shape index (κ3) is 4.37. The van der Waals surface area contributed by atoms with E-state index in [0.29, 0.717) is 12.1 Å². The average molecular weight is 408 g/mol. The molecule has 2 aromatic rings. The molecule has 7 nitrogen and oxygen atoms in total. The molecule has 2 N–H and O–H groups in total. The summed E-state index contributed by atoms with van der Waals surface area (Å²) in [5.74, 6) is -0.530. The summed E-state index contributed by atoms with van der Waals surface area (Å²) < 4.78 is 25.6. The highest BCUT2D eigenvalue weighted by molar-refractivity contribution is 7.89. The molecule has 1 aliphatic heterocycles. The number of carbonyl (C=O) groups is 2. The van der Waals surface area contributed by atoms with Crippen molar-refractivity contribution in [1.29, 1.82) is 0 Å². The number of nitrogens with one attached hydrogen (secondary N) is 2. The van der Waals surface area contributed by atoms with Crippen LogP contribution in [0.5, 0.6) is 0 Å². The average Bonchev–Trinajstić information content (AvgIpc) is 3.37. The van der Waals surface area contributed by atoms with Crippen LogP contribution in [0.2, 0.25) is 0 Å². The van der Waals surface area contributed by atoms with Crippen molar-refractivity contribution in [2.45, 2.75) is 23.8 Å². The molecule has 1 aromatic carbocycles. The Labute approximate surface area is 162 Å². The normalized spacial score (nSPS) is 17.1. The summed E-state index contributed by atoms with van der Waals surface area (Å²) in [4.78, 5) is 27.9. The van der Waals surface area contributed by atoms with Crippen LogP contribution in [-0.4, -0.2) is 45.3 Å². The maximum atomic E-state index is 12.5. The molecule has 3 rings (SSSR count). The minimum Gasteiger partial charge on any atom is -0.343 e. The van der Waals surface area contributed by atoms with Crippen LogP contribution in [0.15, 0.2) is 46.7 Å². The van der Waals surface area contributed by atoms with Crippen LogP contribution in [0.25, 0.3) is 0 Å². The van der Waals surface area contributed by atoms with E-state index in [1.54, 1.807) is 11.3 Å². The van der Waals surface area contributed by atoms with Gasteiger partial charge in [-0.05, 0) is 55.6 Å². The summed E-state index contributed by atoms with van der Waals surface area (Å²) >= 11 is 1.63. The SMILES string of the molecule is CNS(=O)(=O)c1ccc(C(=O)NCC(=O)N2CCC[C@@H]2c2cccs2)cc1. The number of benzene rings is 1. The number of likely N-dealkylation sites (tertiary alicyclic amines) is 1. The maximum absolute atomic E-state index is 12.5. The second-order valence-corrected chi connectivity index (χ2v) is 9.04. The molecular formula is C18H21N3O4S2. The number of rotatable bonds is 6. The van der Waals surface area contributed by atoms with Gasteiger partial charge in [-0.2, -0.15) is 0 Å². The fourth-order valence-corrected chi connectivity index (χ4v) is 4.71. The molecule has 0 bridgehead atoms. The minimum atomic E-state index is -3.55. The standard InChI is InChI=1S/C18H21N3O4S2/c1-19-27(24,25)14-8-6-13(7-9-14)18(23)20-12-17(22)21-10-2-4-15(21)16-5-3-11-26-16/h3,5-9,11,15,19H,2,4,10,12H2,1H3,(H,20,23)/t15-/m1/s1. The zero-order chi connectivity index (χ0) is 19.4. The second kappa shape index (κ2) is 8.20. The Bertz CT molecular complexity index is 909. The van der Waals surface area contributed by atoms with Gasteiger partial charge >= 0.3 is 0 Å². The number of thiophene rings is 1. The lowest BCUT2D eigenvalue weighted by atomic mass is 10.2. The fraction of sp³-hybridized carbons (Fsp3) is 0.333. The topological polar surface area (TPSA) is 95.6 Å². The minimum absolute atomic E-state index is 0.0773. The van der Waals surface area contributed by atoms with E-state index in [1.807, 2.05) is 22.4 Å². The van der Waals surface area contributed by atoms with Gasteiger partial charge in [-0.25, -0.2) is 13.1 Å². The highest BCUT2D eigenvalue weighted by Crippen LogP contribution is 2.34. The summed E-state index contributed by atoms with van der Waals surface area (Å²) in [7, 11) is -2.22. The number of nitrogens with zero attached hydrogens (tertiary/aromatic N) is 1. The van der Waals surface area contributed by atoms with Crippen molar-refractivity contribution in [2.24, 2.45) is 0 Å². The first-order chi connectivity index (χ1) is 12.9. The van der Waals surface area contributed by atoms with E-state index in [1.165, 1.54) is 31.3 Å². The molecule has 0 spiro atoms. The largest absolute Gasteiger partial charge is 0.343 e. The Kier molecular flexibility index (Phi) is 5.93. The Morgan fingerprint density at radius 1 is 1.22 bits per heavy atom. The van der Waals surface area contributed by atoms with Gasteiger partial charge in [-0.3, -0.25) is 9.59 Å². The van der Waals surface area contributed by atoms with E-state index in [9.17, 15) is 18.0 Å². The van der Waals surface area contributed by atoms with Crippen molar-refractivity contribution in [3.8, 4) is 0 Å². The van der Waals surface area contributed by atoms with Crippen molar-refractivity contribution in [3.63, 3.8) is 0 Å². The third-order valence-electron chi connectivity index (χ3n) is 4.54.